The summed E-state index contributed by atoms with van der Waals surface area (Å²) >= 11 is 6.26. The number of aromatic nitrogens is 4. The topological polar surface area (TPSA) is 76.1 Å². The van der Waals surface area contributed by atoms with Gasteiger partial charge in [-0.3, -0.25) is 4.90 Å². The van der Waals surface area contributed by atoms with Gasteiger partial charge in [-0.1, -0.05) is 11.6 Å². The van der Waals surface area contributed by atoms with Crippen LogP contribution in [0.3, 0.4) is 0 Å². The van der Waals surface area contributed by atoms with Crippen LogP contribution in [0.25, 0.3) is 22.3 Å². The second kappa shape index (κ2) is 6.53. The van der Waals surface area contributed by atoms with E-state index >= 15 is 4.39 Å². The molecule has 9 heteroatoms. The number of hydrogen-bond acceptors (Lipinski definition) is 6. The molecule has 0 aliphatic carbocycles. The Bertz CT molecular complexity index is 1110. The molecule has 2 aliphatic heterocycles. The van der Waals surface area contributed by atoms with Crippen molar-refractivity contribution in [1.82, 2.24) is 24.4 Å². The highest BCUT2D eigenvalue weighted by atomic mass is 35.5. The fraction of sp³-hybridized carbons (Fsp3) is 0.450. The largest absolute Gasteiger partial charge is 0.368 e. The molecule has 2 bridgehead atoms. The fourth-order valence-electron chi connectivity index (χ4n) is 4.68. The number of benzene rings is 1. The second-order valence-corrected chi connectivity index (χ2v) is 8.67. The van der Waals surface area contributed by atoms with Gasteiger partial charge in [0.2, 0.25) is 11.9 Å². The van der Waals surface area contributed by atoms with E-state index < -0.39 is 5.82 Å². The summed E-state index contributed by atoms with van der Waals surface area (Å²) in [5.41, 5.74) is 7.80. The van der Waals surface area contributed by atoms with Gasteiger partial charge in [0.05, 0.1) is 22.4 Å². The maximum absolute atomic E-state index is 15.1. The number of nitrogens with two attached hydrogens (primary N) is 1. The smallest absolute Gasteiger partial charge is 0.220 e. The number of imidazole rings is 1. The first-order chi connectivity index (χ1) is 13.8. The zero-order chi connectivity index (χ0) is 20.4. The van der Waals surface area contributed by atoms with Crippen LogP contribution in [0, 0.1) is 5.82 Å². The lowest BCUT2D eigenvalue weighted by atomic mass is 10.1. The van der Waals surface area contributed by atoms with Gasteiger partial charge in [0.15, 0.2) is 5.82 Å². The molecule has 2 N–H and O–H groups in total. The molecule has 29 heavy (non-hydrogen) atoms. The number of anilines is 2. The van der Waals surface area contributed by atoms with Crippen molar-refractivity contribution >= 4 is 34.5 Å². The van der Waals surface area contributed by atoms with Gasteiger partial charge in [-0.25, -0.2) is 19.3 Å². The van der Waals surface area contributed by atoms with Crippen LogP contribution in [-0.4, -0.2) is 56.6 Å². The quantitative estimate of drug-likeness (QED) is 0.707. The summed E-state index contributed by atoms with van der Waals surface area (Å²) in [5.74, 6) is 0.535. The first-order valence-corrected chi connectivity index (χ1v) is 10.2. The van der Waals surface area contributed by atoms with Gasteiger partial charge in [0.1, 0.15) is 5.52 Å². The first kappa shape index (κ1) is 18.6. The minimum Gasteiger partial charge on any atom is -0.368 e. The number of nitrogen functional groups attached to an aromatic ring is 1. The molecule has 0 spiro atoms. The third-order valence-corrected chi connectivity index (χ3v) is 6.33. The Morgan fingerprint density at radius 2 is 2.00 bits per heavy atom. The Morgan fingerprint density at radius 1 is 1.21 bits per heavy atom. The lowest BCUT2D eigenvalue weighted by Crippen LogP contribution is -2.45. The molecule has 1 unspecified atom stereocenters. The summed E-state index contributed by atoms with van der Waals surface area (Å²) in [6.07, 6.45) is 2.56. The molecule has 1 aromatic carbocycles. The van der Waals surface area contributed by atoms with Crippen LogP contribution in [0.1, 0.15) is 26.3 Å². The van der Waals surface area contributed by atoms with Crippen LogP contribution in [0.4, 0.5) is 16.3 Å². The Balaban J connectivity index is 1.68. The number of rotatable bonds is 3. The minimum atomic E-state index is -0.395. The maximum atomic E-state index is 15.1. The Morgan fingerprint density at radius 3 is 2.66 bits per heavy atom. The van der Waals surface area contributed by atoms with Gasteiger partial charge in [-0.2, -0.15) is 0 Å². The number of halogens is 2. The van der Waals surface area contributed by atoms with Gasteiger partial charge < -0.3 is 15.2 Å². The van der Waals surface area contributed by atoms with Gasteiger partial charge in [0.25, 0.3) is 0 Å². The summed E-state index contributed by atoms with van der Waals surface area (Å²) < 4.78 is 17.3. The normalized spacial score (nSPS) is 21.8. The molecule has 152 valence electrons. The molecule has 0 amide bonds. The van der Waals surface area contributed by atoms with Crippen LogP contribution in [0.15, 0.2) is 18.3 Å². The number of likely N-dealkylation sites (N-methyl/N-ethyl adjacent to an activating group) is 1. The van der Waals surface area contributed by atoms with Crippen LogP contribution < -0.4 is 10.6 Å². The second-order valence-electron chi connectivity index (χ2n) is 8.26. The Labute approximate surface area is 173 Å². The lowest BCUT2D eigenvalue weighted by molar-refractivity contribution is 0.290. The van der Waals surface area contributed by atoms with Crippen molar-refractivity contribution in [3.8, 4) is 11.3 Å². The average molecular weight is 416 g/mol. The molecule has 7 nitrogen and oxygen atoms in total. The van der Waals surface area contributed by atoms with Crippen LogP contribution in [0.2, 0.25) is 5.02 Å². The van der Waals surface area contributed by atoms with Crippen LogP contribution >= 0.6 is 11.6 Å². The molecule has 2 fully saturated rings. The predicted molar refractivity (Wildman–Crippen MR) is 113 cm³/mol. The summed E-state index contributed by atoms with van der Waals surface area (Å²) in [7, 11) is 2.16. The van der Waals surface area contributed by atoms with Crippen molar-refractivity contribution < 1.29 is 4.39 Å². The molecule has 0 saturated carbocycles. The van der Waals surface area contributed by atoms with E-state index in [-0.39, 0.29) is 12.0 Å². The van der Waals surface area contributed by atoms with Crippen molar-refractivity contribution in [2.24, 2.45) is 0 Å². The van der Waals surface area contributed by atoms with Gasteiger partial charge in [-0.15, -0.1) is 0 Å². The standard InChI is InChI=1S/C20H23ClFN7/c1-10(2)29-16-5-11(17-14(21)7-24-19(23)25-17)4-15(22)18(16)26-20(29)28-9-12-6-13(28)8-27(12)3/h4-5,7,10,12-13H,6,8-9H2,1-3H3,(H2,23,24,25)/t12?,13-/m0/s1. The van der Waals surface area contributed by atoms with Crippen molar-refractivity contribution in [3.05, 3.63) is 29.2 Å². The highest BCUT2D eigenvalue weighted by Crippen LogP contribution is 2.38. The highest BCUT2D eigenvalue weighted by Gasteiger charge is 2.43. The highest BCUT2D eigenvalue weighted by molar-refractivity contribution is 6.33. The van der Waals surface area contributed by atoms with Crippen molar-refractivity contribution in [1.29, 1.82) is 0 Å². The third kappa shape index (κ3) is 2.85. The molecule has 2 atom stereocenters. The van der Waals surface area contributed by atoms with E-state index in [4.69, 9.17) is 22.3 Å². The number of fused-ring (bicyclic) bond motifs is 3. The number of nitrogens with zero attached hydrogens (tertiary/aromatic N) is 6. The van der Waals surface area contributed by atoms with E-state index in [9.17, 15) is 0 Å². The molecule has 2 aliphatic rings. The molecule has 4 heterocycles. The van der Waals surface area contributed by atoms with E-state index in [1.54, 1.807) is 0 Å². The third-order valence-electron chi connectivity index (χ3n) is 6.05. The molecule has 2 aromatic heterocycles. The van der Waals surface area contributed by atoms with E-state index in [1.807, 2.05) is 6.07 Å². The van der Waals surface area contributed by atoms with Gasteiger partial charge in [-0.05, 0) is 39.4 Å². The fourth-order valence-corrected chi connectivity index (χ4v) is 4.88. The Kier molecular flexibility index (Phi) is 4.18. The average Bonchev–Trinajstić information content (AvgIpc) is 3.34. The summed E-state index contributed by atoms with van der Waals surface area (Å²) in [4.78, 5) is 17.6. The van der Waals surface area contributed by atoms with E-state index in [0.29, 0.717) is 33.9 Å². The maximum Gasteiger partial charge on any atom is 0.220 e. The summed E-state index contributed by atoms with van der Waals surface area (Å²) in [5, 5.41) is 0.327. The van der Waals surface area contributed by atoms with E-state index in [2.05, 4.69) is 45.2 Å². The number of piperazine rings is 1. The zero-order valence-electron chi connectivity index (χ0n) is 16.6. The SMILES string of the molecule is CC(C)n1c(N2CC3C[C@H]2CN3C)nc2c(F)cc(-c3nc(N)ncc3Cl)cc21. The number of likely N-dealkylation sites (tertiary alicyclic amines) is 1. The van der Waals surface area contributed by atoms with Gasteiger partial charge in [0, 0.05) is 36.8 Å². The lowest BCUT2D eigenvalue weighted by Gasteiger charge is -2.33. The minimum absolute atomic E-state index is 0.0974. The molecule has 2 saturated heterocycles. The van der Waals surface area contributed by atoms with Crippen molar-refractivity contribution in [2.75, 3.05) is 30.8 Å². The van der Waals surface area contributed by atoms with E-state index in [1.165, 1.54) is 12.3 Å². The number of hydrogen-bond donors (Lipinski definition) is 1. The molecule has 0 radical (unpaired) electrons. The van der Waals surface area contributed by atoms with Crippen LogP contribution in [-0.2, 0) is 0 Å². The summed E-state index contributed by atoms with van der Waals surface area (Å²) in [6, 6.07) is 4.37. The predicted octanol–water partition coefficient (Wildman–Crippen LogP) is 3.34. The monoisotopic (exact) mass is 415 g/mol. The van der Waals surface area contributed by atoms with Crippen molar-refractivity contribution in [2.45, 2.75) is 38.4 Å². The molecular weight excluding hydrogens is 393 g/mol. The molecule has 3 aromatic rings. The molecular formula is C20H23ClFN7. The van der Waals surface area contributed by atoms with E-state index in [0.717, 1.165) is 31.0 Å². The van der Waals surface area contributed by atoms with Gasteiger partial charge >= 0.3 is 0 Å². The summed E-state index contributed by atoms with van der Waals surface area (Å²) in [6.45, 7) is 6.10. The van der Waals surface area contributed by atoms with Crippen LogP contribution in [0.5, 0.6) is 0 Å². The molecule has 5 rings (SSSR count). The Hall–Kier alpha value is -2.45. The van der Waals surface area contributed by atoms with Crippen molar-refractivity contribution in [3.63, 3.8) is 0 Å². The first-order valence-electron chi connectivity index (χ1n) is 9.80. The zero-order valence-corrected chi connectivity index (χ0v) is 17.4.